The summed E-state index contributed by atoms with van der Waals surface area (Å²) in [6.45, 7) is 0.513. The summed E-state index contributed by atoms with van der Waals surface area (Å²) in [5, 5.41) is 0. The second-order valence-corrected chi connectivity index (χ2v) is 3.31. The average Bonchev–Trinajstić information content (AvgIpc) is 2.65. The van der Waals surface area contributed by atoms with E-state index in [-0.39, 0.29) is 5.82 Å². The van der Waals surface area contributed by atoms with Crippen molar-refractivity contribution in [3.63, 3.8) is 0 Å². The van der Waals surface area contributed by atoms with Crippen LogP contribution >= 0.6 is 0 Å². The zero-order chi connectivity index (χ0) is 10.7. The Morgan fingerprint density at radius 1 is 1.27 bits per heavy atom. The van der Waals surface area contributed by atoms with Gasteiger partial charge in [-0.1, -0.05) is 12.1 Å². The molecule has 1 aromatic carbocycles. The molecule has 15 heavy (non-hydrogen) atoms. The summed E-state index contributed by atoms with van der Waals surface area (Å²) in [6.07, 6.45) is 2.59. The number of rotatable bonds is 3. The molecule has 0 aliphatic heterocycles. The molecule has 2 rings (SSSR count). The van der Waals surface area contributed by atoms with Crippen LogP contribution in [0.15, 0.2) is 42.6 Å². The Morgan fingerprint density at radius 3 is 2.87 bits per heavy atom. The van der Waals surface area contributed by atoms with Gasteiger partial charge in [0.05, 0.1) is 5.69 Å². The fourth-order valence-electron chi connectivity index (χ4n) is 1.51. The first kappa shape index (κ1) is 9.65. The third kappa shape index (κ3) is 2.13. The van der Waals surface area contributed by atoms with Crippen molar-refractivity contribution in [3.8, 4) is 0 Å². The van der Waals surface area contributed by atoms with Crippen LogP contribution in [0.3, 0.4) is 0 Å². The molecular weight excluding hydrogens is 193 g/mol. The zero-order valence-electron chi connectivity index (χ0n) is 8.06. The summed E-state index contributed by atoms with van der Waals surface area (Å²) in [7, 11) is 0. The number of carbonyl (C=O) groups is 1. The maximum Gasteiger partial charge on any atom is 0.166 e. The first-order chi connectivity index (χ1) is 7.29. The van der Waals surface area contributed by atoms with E-state index in [9.17, 15) is 9.18 Å². The Morgan fingerprint density at radius 2 is 2.13 bits per heavy atom. The van der Waals surface area contributed by atoms with Crippen molar-refractivity contribution in [1.82, 2.24) is 4.57 Å². The Hall–Kier alpha value is -1.90. The van der Waals surface area contributed by atoms with Crippen LogP contribution in [0.1, 0.15) is 16.1 Å². The van der Waals surface area contributed by atoms with Crippen molar-refractivity contribution in [2.75, 3.05) is 0 Å². The van der Waals surface area contributed by atoms with Gasteiger partial charge in [-0.2, -0.15) is 0 Å². The Balaban J connectivity index is 2.25. The molecular formula is C12H10FNO. The molecule has 0 amide bonds. The lowest BCUT2D eigenvalue weighted by Gasteiger charge is -2.05. The fraction of sp³-hybridized carbons (Fsp3) is 0.0833. The summed E-state index contributed by atoms with van der Waals surface area (Å²) < 4.78 is 14.7. The molecule has 0 unspecified atom stereocenters. The standard InChI is InChI=1S/C12H10FNO/c13-11-4-1-3-10(7-11)8-14-6-2-5-12(14)9-15/h1-7,9H,8H2. The van der Waals surface area contributed by atoms with E-state index in [1.807, 2.05) is 6.07 Å². The predicted molar refractivity (Wildman–Crippen MR) is 55.3 cm³/mol. The highest BCUT2D eigenvalue weighted by molar-refractivity contribution is 5.72. The van der Waals surface area contributed by atoms with Crippen LogP contribution in [0.4, 0.5) is 4.39 Å². The van der Waals surface area contributed by atoms with E-state index in [4.69, 9.17) is 0 Å². The number of benzene rings is 1. The molecule has 76 valence electrons. The first-order valence-corrected chi connectivity index (χ1v) is 4.64. The minimum atomic E-state index is -0.257. The average molecular weight is 203 g/mol. The minimum Gasteiger partial charge on any atom is -0.341 e. The highest BCUT2D eigenvalue weighted by atomic mass is 19.1. The molecule has 0 radical (unpaired) electrons. The molecule has 0 fully saturated rings. The van der Waals surface area contributed by atoms with Gasteiger partial charge in [0.2, 0.25) is 0 Å². The zero-order valence-corrected chi connectivity index (χ0v) is 8.06. The van der Waals surface area contributed by atoms with Crippen LogP contribution < -0.4 is 0 Å². The van der Waals surface area contributed by atoms with Crippen molar-refractivity contribution in [1.29, 1.82) is 0 Å². The van der Waals surface area contributed by atoms with Crippen LogP contribution in [-0.2, 0) is 6.54 Å². The van der Waals surface area contributed by atoms with E-state index in [1.54, 1.807) is 29.0 Å². The van der Waals surface area contributed by atoms with Crippen LogP contribution in [0, 0.1) is 5.82 Å². The largest absolute Gasteiger partial charge is 0.341 e. The van der Waals surface area contributed by atoms with Gasteiger partial charge in [0.15, 0.2) is 6.29 Å². The monoisotopic (exact) mass is 203 g/mol. The van der Waals surface area contributed by atoms with Crippen molar-refractivity contribution < 1.29 is 9.18 Å². The van der Waals surface area contributed by atoms with E-state index < -0.39 is 0 Å². The Kier molecular flexibility index (Phi) is 2.63. The quantitative estimate of drug-likeness (QED) is 0.702. The fourth-order valence-corrected chi connectivity index (χ4v) is 1.51. The van der Waals surface area contributed by atoms with Gasteiger partial charge in [0.1, 0.15) is 5.82 Å². The topological polar surface area (TPSA) is 22.0 Å². The number of hydrogen-bond acceptors (Lipinski definition) is 1. The summed E-state index contributed by atoms with van der Waals surface area (Å²) in [6, 6.07) is 9.89. The molecule has 0 aliphatic rings. The van der Waals surface area contributed by atoms with Gasteiger partial charge in [-0.3, -0.25) is 4.79 Å². The van der Waals surface area contributed by atoms with Gasteiger partial charge in [0, 0.05) is 12.7 Å². The molecule has 0 saturated carbocycles. The summed E-state index contributed by atoms with van der Waals surface area (Å²) in [5.41, 5.74) is 1.44. The van der Waals surface area contributed by atoms with Crippen molar-refractivity contribution in [3.05, 3.63) is 59.7 Å². The SMILES string of the molecule is O=Cc1cccn1Cc1cccc(F)c1. The third-order valence-electron chi connectivity index (χ3n) is 2.23. The van der Waals surface area contributed by atoms with Crippen LogP contribution in [0.5, 0.6) is 0 Å². The van der Waals surface area contributed by atoms with Gasteiger partial charge in [-0.05, 0) is 29.8 Å². The minimum absolute atomic E-state index is 0.257. The van der Waals surface area contributed by atoms with E-state index >= 15 is 0 Å². The van der Waals surface area contributed by atoms with E-state index in [1.165, 1.54) is 12.1 Å². The van der Waals surface area contributed by atoms with Crippen molar-refractivity contribution in [2.45, 2.75) is 6.54 Å². The second kappa shape index (κ2) is 4.09. The normalized spacial score (nSPS) is 10.2. The van der Waals surface area contributed by atoms with E-state index in [0.717, 1.165) is 11.8 Å². The van der Waals surface area contributed by atoms with Gasteiger partial charge < -0.3 is 4.57 Å². The van der Waals surface area contributed by atoms with Gasteiger partial charge in [-0.25, -0.2) is 4.39 Å². The number of hydrogen-bond donors (Lipinski definition) is 0. The predicted octanol–water partition coefficient (Wildman–Crippen LogP) is 2.49. The first-order valence-electron chi connectivity index (χ1n) is 4.64. The molecule has 1 aromatic heterocycles. The molecule has 0 atom stereocenters. The second-order valence-electron chi connectivity index (χ2n) is 3.31. The molecule has 0 saturated heterocycles. The molecule has 0 aliphatic carbocycles. The Labute approximate surface area is 87.0 Å². The molecule has 1 heterocycles. The number of halogens is 1. The molecule has 3 heteroatoms. The van der Waals surface area contributed by atoms with Crippen LogP contribution in [0.2, 0.25) is 0 Å². The number of aromatic nitrogens is 1. The van der Waals surface area contributed by atoms with E-state index in [2.05, 4.69) is 0 Å². The Bertz CT molecular complexity index is 476. The maximum atomic E-state index is 12.9. The summed E-state index contributed by atoms with van der Waals surface area (Å²) in [4.78, 5) is 10.7. The smallest absolute Gasteiger partial charge is 0.166 e. The third-order valence-corrected chi connectivity index (χ3v) is 2.23. The van der Waals surface area contributed by atoms with Crippen molar-refractivity contribution >= 4 is 6.29 Å². The molecule has 2 nitrogen and oxygen atoms in total. The van der Waals surface area contributed by atoms with Crippen LogP contribution in [0.25, 0.3) is 0 Å². The summed E-state index contributed by atoms with van der Waals surface area (Å²) >= 11 is 0. The van der Waals surface area contributed by atoms with Crippen LogP contribution in [-0.4, -0.2) is 10.9 Å². The summed E-state index contributed by atoms with van der Waals surface area (Å²) in [5.74, 6) is -0.257. The molecule has 0 bridgehead atoms. The van der Waals surface area contributed by atoms with Gasteiger partial charge >= 0.3 is 0 Å². The molecule has 2 aromatic rings. The lowest BCUT2D eigenvalue weighted by atomic mass is 10.2. The van der Waals surface area contributed by atoms with Crippen molar-refractivity contribution in [2.24, 2.45) is 0 Å². The van der Waals surface area contributed by atoms with Gasteiger partial charge in [0.25, 0.3) is 0 Å². The number of nitrogens with zero attached hydrogens (tertiary/aromatic N) is 1. The highest BCUT2D eigenvalue weighted by Gasteiger charge is 2.00. The molecule has 0 N–H and O–H groups in total. The molecule has 0 spiro atoms. The number of carbonyl (C=O) groups excluding carboxylic acids is 1. The lowest BCUT2D eigenvalue weighted by molar-refractivity contribution is 0.111. The highest BCUT2D eigenvalue weighted by Crippen LogP contribution is 2.08. The lowest BCUT2D eigenvalue weighted by Crippen LogP contribution is -2.02. The number of aldehydes is 1. The maximum absolute atomic E-state index is 12.9. The van der Waals surface area contributed by atoms with Gasteiger partial charge in [-0.15, -0.1) is 0 Å². The van der Waals surface area contributed by atoms with E-state index in [0.29, 0.717) is 12.2 Å².